The first-order valence-electron chi connectivity index (χ1n) is 10.5. The number of benzene rings is 2. The highest BCUT2D eigenvalue weighted by atomic mass is 35.5. The smallest absolute Gasteiger partial charge is 0.277 e. The molecular weight excluding hydrogens is 431 g/mol. The number of amides is 1. The minimum Gasteiger partial charge on any atom is -0.352 e. The van der Waals surface area contributed by atoms with E-state index in [1.165, 1.54) is 6.33 Å². The maximum atomic E-state index is 15.3. The van der Waals surface area contributed by atoms with Gasteiger partial charge in [-0.1, -0.05) is 25.4 Å². The first-order valence-corrected chi connectivity index (χ1v) is 10.9. The molecule has 1 aliphatic rings. The highest BCUT2D eigenvalue weighted by molar-refractivity contribution is 6.30. The molecule has 4 rings (SSSR count). The molecule has 172 valence electrons. The predicted molar refractivity (Wildman–Crippen MR) is 129 cm³/mol. The van der Waals surface area contributed by atoms with Gasteiger partial charge in [0.15, 0.2) is 5.82 Å². The average Bonchev–Trinajstić information content (AvgIpc) is 3.55. The van der Waals surface area contributed by atoms with Crippen LogP contribution in [-0.2, 0) is 11.9 Å². The number of nitrogens with one attached hydrogen (secondary N) is 2. The van der Waals surface area contributed by atoms with E-state index in [0.29, 0.717) is 28.8 Å². The summed E-state index contributed by atoms with van der Waals surface area (Å²) in [5.74, 6) is -0.623. The molecule has 32 heavy (non-hydrogen) atoms. The monoisotopic (exact) mass is 460 g/mol. The number of halogens is 2. The zero-order valence-electron chi connectivity index (χ0n) is 19.0. The summed E-state index contributed by atoms with van der Waals surface area (Å²) in [6.45, 7) is 12.3. The van der Waals surface area contributed by atoms with Crippen molar-refractivity contribution in [2.45, 2.75) is 33.6 Å². The van der Waals surface area contributed by atoms with Crippen molar-refractivity contribution in [3.63, 3.8) is 0 Å². The van der Waals surface area contributed by atoms with Crippen molar-refractivity contribution in [1.82, 2.24) is 15.0 Å². The van der Waals surface area contributed by atoms with Crippen LogP contribution in [0.2, 0.25) is 5.02 Å². The Morgan fingerprint density at radius 3 is 2.62 bits per heavy atom. The normalized spacial score (nSPS) is 12.3. The van der Waals surface area contributed by atoms with Gasteiger partial charge in [0, 0.05) is 17.8 Å². The number of hydrogen-bond donors (Lipinski definition) is 2. The number of aryl methyl sites for hydroxylation is 2. The second-order valence-electron chi connectivity index (χ2n) is 7.11. The highest BCUT2D eigenvalue weighted by Gasteiger charge is 2.24. The molecule has 2 N–H and O–H groups in total. The molecule has 1 heterocycles. The van der Waals surface area contributed by atoms with Crippen LogP contribution in [0, 0.1) is 18.7 Å². The molecule has 1 amide bonds. The first kappa shape index (κ1) is 25.4. The minimum absolute atomic E-state index is 0.0455. The van der Waals surface area contributed by atoms with Crippen molar-refractivity contribution < 1.29 is 14.0 Å². The molecule has 1 aromatic heterocycles. The molecule has 0 aliphatic heterocycles. The Kier molecular flexibility index (Phi) is 9.23. The number of hydroxylamine groups is 1. The molecule has 1 fully saturated rings. The largest absolute Gasteiger partial charge is 0.352 e. The van der Waals surface area contributed by atoms with Crippen molar-refractivity contribution >= 4 is 39.9 Å². The van der Waals surface area contributed by atoms with Gasteiger partial charge >= 0.3 is 0 Å². The van der Waals surface area contributed by atoms with Crippen molar-refractivity contribution in [1.29, 1.82) is 0 Å². The van der Waals surface area contributed by atoms with Crippen LogP contribution in [0.3, 0.4) is 0 Å². The quantitative estimate of drug-likeness (QED) is 0.333. The van der Waals surface area contributed by atoms with E-state index in [1.54, 1.807) is 35.9 Å². The molecule has 6 nitrogen and oxygen atoms in total. The van der Waals surface area contributed by atoms with Crippen LogP contribution in [0.25, 0.3) is 11.0 Å². The van der Waals surface area contributed by atoms with Crippen LogP contribution in [0.15, 0.2) is 43.8 Å². The van der Waals surface area contributed by atoms with Crippen molar-refractivity contribution in [3.8, 4) is 0 Å². The first-order chi connectivity index (χ1) is 15.4. The zero-order chi connectivity index (χ0) is 23.8. The summed E-state index contributed by atoms with van der Waals surface area (Å²) in [6.07, 6.45) is 3.72. The van der Waals surface area contributed by atoms with E-state index in [1.807, 2.05) is 20.8 Å². The fourth-order valence-electron chi connectivity index (χ4n) is 2.99. The van der Waals surface area contributed by atoms with Gasteiger partial charge in [-0.15, -0.1) is 13.2 Å². The number of nitrogens with zero attached hydrogens (tertiary/aromatic N) is 2. The number of fused-ring (bicyclic) bond motifs is 1. The Hall–Kier alpha value is -2.90. The second kappa shape index (κ2) is 11.6. The molecule has 0 saturated heterocycles. The van der Waals surface area contributed by atoms with Crippen molar-refractivity contribution in [2.24, 2.45) is 13.0 Å². The van der Waals surface area contributed by atoms with Crippen LogP contribution in [0.1, 0.15) is 42.6 Å². The number of carbonyl (C=O) groups is 1. The Morgan fingerprint density at radius 1 is 1.31 bits per heavy atom. The molecule has 8 heteroatoms. The van der Waals surface area contributed by atoms with E-state index in [2.05, 4.69) is 28.9 Å². The van der Waals surface area contributed by atoms with E-state index >= 15 is 4.39 Å². The highest BCUT2D eigenvalue weighted by Crippen LogP contribution is 2.32. The fraction of sp³-hybridized carbons (Fsp3) is 0.333. The van der Waals surface area contributed by atoms with Crippen LogP contribution in [-0.4, -0.2) is 22.1 Å². The van der Waals surface area contributed by atoms with Gasteiger partial charge in [-0.05, 0) is 55.5 Å². The van der Waals surface area contributed by atoms with Gasteiger partial charge < -0.3 is 9.88 Å². The summed E-state index contributed by atoms with van der Waals surface area (Å²) in [5.41, 5.74) is 4.78. The Bertz CT molecular complexity index is 1080. The lowest BCUT2D eigenvalue weighted by Crippen LogP contribution is -2.26. The maximum Gasteiger partial charge on any atom is 0.277 e. The molecule has 1 aliphatic carbocycles. The maximum absolute atomic E-state index is 15.3. The predicted octanol–water partition coefficient (Wildman–Crippen LogP) is 6.32. The standard InChI is InChI=1S/C20H20ClFN4O2.C2H6.C2H4/c1-11-7-13(21)5-6-15(11)24-18-14(20(27)25-28-9-12-3-4-12)8-16-19(17(18)22)23-10-26(16)2;2*1-2/h5-8,10,12,24H,3-4,9H2,1-2H3,(H,25,27);1-2H3;1-2H2. The van der Waals surface area contributed by atoms with Crippen LogP contribution < -0.4 is 10.8 Å². The Morgan fingerprint density at radius 2 is 2.00 bits per heavy atom. The lowest BCUT2D eigenvalue weighted by Gasteiger charge is -2.16. The number of imidazole rings is 1. The van der Waals surface area contributed by atoms with Crippen molar-refractivity contribution in [2.75, 3.05) is 11.9 Å². The molecular formula is C24H30ClFN4O2. The summed E-state index contributed by atoms with van der Waals surface area (Å²) >= 11 is 6.01. The van der Waals surface area contributed by atoms with Gasteiger partial charge in [-0.3, -0.25) is 9.63 Å². The summed E-state index contributed by atoms with van der Waals surface area (Å²) in [6, 6.07) is 6.81. The average molecular weight is 461 g/mol. The van der Waals surface area contributed by atoms with Gasteiger partial charge in [0.05, 0.1) is 29.7 Å². The molecule has 0 spiro atoms. The van der Waals surface area contributed by atoms with E-state index in [-0.39, 0.29) is 16.8 Å². The molecule has 0 unspecified atom stereocenters. The Balaban J connectivity index is 0.000000860. The summed E-state index contributed by atoms with van der Waals surface area (Å²) in [7, 11) is 1.75. The summed E-state index contributed by atoms with van der Waals surface area (Å²) in [4.78, 5) is 22.1. The molecule has 0 atom stereocenters. The van der Waals surface area contributed by atoms with Crippen LogP contribution >= 0.6 is 11.6 Å². The number of hydrogen-bond acceptors (Lipinski definition) is 4. The van der Waals surface area contributed by atoms with Gasteiger partial charge in [0.25, 0.3) is 5.91 Å². The van der Waals surface area contributed by atoms with Crippen molar-refractivity contribution in [3.05, 3.63) is 65.7 Å². The van der Waals surface area contributed by atoms with Gasteiger partial charge in [-0.25, -0.2) is 14.9 Å². The second-order valence-corrected chi connectivity index (χ2v) is 7.54. The fourth-order valence-corrected chi connectivity index (χ4v) is 3.22. The molecule has 1 saturated carbocycles. The third kappa shape index (κ3) is 5.87. The third-order valence-corrected chi connectivity index (χ3v) is 5.07. The van der Waals surface area contributed by atoms with E-state index in [9.17, 15) is 4.79 Å². The van der Waals surface area contributed by atoms with Gasteiger partial charge in [0.2, 0.25) is 0 Å². The SMILES string of the molecule is C=C.CC.Cc1cc(Cl)ccc1Nc1c(C(=O)NOCC2CC2)cc2c(ncn2C)c1F. The molecule has 3 aromatic rings. The number of carbonyl (C=O) groups excluding carboxylic acids is 1. The zero-order valence-corrected chi connectivity index (χ0v) is 19.7. The summed E-state index contributed by atoms with van der Waals surface area (Å²) < 4.78 is 16.9. The van der Waals surface area contributed by atoms with Crippen LogP contribution in [0.4, 0.5) is 15.8 Å². The Labute approximate surface area is 193 Å². The lowest BCUT2D eigenvalue weighted by molar-refractivity contribution is 0.0271. The van der Waals surface area contributed by atoms with Crippen LogP contribution in [0.5, 0.6) is 0 Å². The number of anilines is 2. The molecule has 0 radical (unpaired) electrons. The molecule has 0 bridgehead atoms. The number of rotatable bonds is 6. The van der Waals surface area contributed by atoms with Gasteiger partial charge in [0.1, 0.15) is 5.52 Å². The van der Waals surface area contributed by atoms with Gasteiger partial charge in [-0.2, -0.15) is 0 Å². The molecule has 2 aromatic carbocycles. The third-order valence-electron chi connectivity index (χ3n) is 4.83. The number of aromatic nitrogens is 2. The van der Waals surface area contributed by atoms with E-state index < -0.39 is 11.7 Å². The lowest BCUT2D eigenvalue weighted by atomic mass is 10.1. The van der Waals surface area contributed by atoms with E-state index in [4.69, 9.17) is 16.4 Å². The summed E-state index contributed by atoms with van der Waals surface area (Å²) in [5, 5.41) is 3.61. The topological polar surface area (TPSA) is 68.2 Å². The minimum atomic E-state index is -0.597. The van der Waals surface area contributed by atoms with E-state index in [0.717, 1.165) is 18.4 Å².